The molecule has 0 aromatic heterocycles. The minimum atomic E-state index is 1.05. The van der Waals surface area contributed by atoms with Gasteiger partial charge < -0.3 is 0 Å². The Morgan fingerprint density at radius 2 is 1.11 bits per heavy atom. The Labute approximate surface area is 157 Å². The van der Waals surface area contributed by atoms with Gasteiger partial charge in [0, 0.05) is 0 Å². The molecule has 2 aliphatic carbocycles. The molecule has 5 aromatic rings. The number of hydrogen-bond acceptors (Lipinski definition) is 0. The van der Waals surface area contributed by atoms with Crippen molar-refractivity contribution in [1.82, 2.24) is 0 Å². The fourth-order valence-electron chi connectivity index (χ4n) is 5.24. The van der Waals surface area contributed by atoms with E-state index >= 15 is 0 Å². The molecule has 0 bridgehead atoms. The van der Waals surface area contributed by atoms with Gasteiger partial charge in [0.2, 0.25) is 0 Å². The van der Waals surface area contributed by atoms with Gasteiger partial charge in [-0.25, -0.2) is 0 Å². The third kappa shape index (κ3) is 1.64. The van der Waals surface area contributed by atoms with Crippen LogP contribution in [0, 0.1) is 0 Å². The Morgan fingerprint density at radius 3 is 1.96 bits per heavy atom. The zero-order valence-electron chi connectivity index (χ0n) is 14.8. The van der Waals surface area contributed by atoms with Crippen molar-refractivity contribution >= 4 is 21.5 Å². The predicted octanol–water partition coefficient (Wildman–Crippen LogP) is 7.21. The lowest BCUT2D eigenvalue weighted by molar-refractivity contribution is 1.27. The second-order valence-corrected chi connectivity index (χ2v) is 7.76. The summed E-state index contributed by atoms with van der Waals surface area (Å²) in [5, 5.41) is 5.39. The molecule has 124 valence electrons. The molecule has 0 saturated heterocycles. The van der Waals surface area contributed by atoms with Crippen molar-refractivity contribution in [2.45, 2.75) is 6.42 Å². The van der Waals surface area contributed by atoms with Crippen LogP contribution in [-0.2, 0) is 6.42 Å². The molecule has 0 radical (unpaired) electrons. The van der Waals surface area contributed by atoms with Gasteiger partial charge in [0.25, 0.3) is 0 Å². The quantitative estimate of drug-likeness (QED) is 0.273. The summed E-state index contributed by atoms with van der Waals surface area (Å²) < 4.78 is 0. The van der Waals surface area contributed by atoms with E-state index in [4.69, 9.17) is 0 Å². The molecular formula is C27H16. The molecule has 2 aliphatic rings. The van der Waals surface area contributed by atoms with Crippen molar-refractivity contribution in [3.05, 3.63) is 96.1 Å². The summed E-state index contributed by atoms with van der Waals surface area (Å²) in [5.41, 5.74) is 11.3. The van der Waals surface area contributed by atoms with Crippen molar-refractivity contribution in [3.8, 4) is 33.4 Å². The van der Waals surface area contributed by atoms with Crippen molar-refractivity contribution in [2.75, 3.05) is 0 Å². The van der Waals surface area contributed by atoms with Crippen LogP contribution in [0.25, 0.3) is 54.9 Å². The highest BCUT2D eigenvalue weighted by molar-refractivity contribution is 6.17. The summed E-state index contributed by atoms with van der Waals surface area (Å²) in [4.78, 5) is 0. The number of fused-ring (bicyclic) bond motifs is 4. The van der Waals surface area contributed by atoms with Gasteiger partial charge in [-0.05, 0) is 84.6 Å². The maximum Gasteiger partial charge on any atom is -0.00130 e. The van der Waals surface area contributed by atoms with Crippen LogP contribution < -0.4 is 0 Å². The highest BCUT2D eigenvalue weighted by Gasteiger charge is 2.29. The highest BCUT2D eigenvalue weighted by Crippen LogP contribution is 2.53. The van der Waals surface area contributed by atoms with E-state index in [9.17, 15) is 0 Å². The van der Waals surface area contributed by atoms with Gasteiger partial charge in [0.05, 0.1) is 0 Å². The average Bonchev–Trinajstić information content (AvgIpc) is 3.05. The van der Waals surface area contributed by atoms with Crippen LogP contribution in [0.4, 0.5) is 0 Å². The standard InChI is InChI=1S/C27H16/c1-2-6-18-15-24-22-10-4-8-19-13-20-12-11-16-7-3-9-21(23(24)14-17(18)5-1)25(16)27(20)26(19)22/h1-12,14-15H,13H2. The van der Waals surface area contributed by atoms with Gasteiger partial charge in [-0.15, -0.1) is 0 Å². The lowest BCUT2D eigenvalue weighted by Crippen LogP contribution is -1.89. The van der Waals surface area contributed by atoms with Crippen LogP contribution in [-0.4, -0.2) is 0 Å². The summed E-state index contributed by atoms with van der Waals surface area (Å²) in [6.45, 7) is 0. The first kappa shape index (κ1) is 13.8. The first-order valence-electron chi connectivity index (χ1n) is 9.59. The minimum Gasteiger partial charge on any atom is -0.0616 e. The topological polar surface area (TPSA) is 0 Å². The fraction of sp³-hybridized carbons (Fsp3) is 0.0370. The van der Waals surface area contributed by atoms with Gasteiger partial charge in [-0.1, -0.05) is 72.8 Å². The Kier molecular flexibility index (Phi) is 2.38. The van der Waals surface area contributed by atoms with E-state index in [1.807, 2.05) is 0 Å². The molecule has 5 aromatic carbocycles. The van der Waals surface area contributed by atoms with Crippen molar-refractivity contribution in [2.24, 2.45) is 0 Å². The number of benzene rings is 5. The van der Waals surface area contributed by atoms with Gasteiger partial charge >= 0.3 is 0 Å². The maximum absolute atomic E-state index is 2.39. The van der Waals surface area contributed by atoms with E-state index in [2.05, 4.69) is 84.9 Å². The molecule has 27 heavy (non-hydrogen) atoms. The smallest absolute Gasteiger partial charge is 0.00130 e. The van der Waals surface area contributed by atoms with Gasteiger partial charge in [0.1, 0.15) is 0 Å². The van der Waals surface area contributed by atoms with E-state index in [0.29, 0.717) is 0 Å². The Balaban J connectivity index is 1.80. The van der Waals surface area contributed by atoms with Crippen LogP contribution >= 0.6 is 0 Å². The molecular weight excluding hydrogens is 324 g/mol. The second-order valence-electron chi connectivity index (χ2n) is 7.76. The van der Waals surface area contributed by atoms with E-state index in [1.165, 1.54) is 66.1 Å². The van der Waals surface area contributed by atoms with Crippen molar-refractivity contribution in [3.63, 3.8) is 0 Å². The van der Waals surface area contributed by atoms with Crippen LogP contribution in [0.1, 0.15) is 11.1 Å². The van der Waals surface area contributed by atoms with E-state index in [1.54, 1.807) is 0 Å². The van der Waals surface area contributed by atoms with Gasteiger partial charge in [0.15, 0.2) is 0 Å². The lowest BCUT2D eigenvalue weighted by Gasteiger charge is -2.13. The SMILES string of the molecule is c1cc2c3c(c1)-c1cc4ccccc4cc1-c1cccc4ccc(c-3c14)C2. The molecule has 0 heterocycles. The predicted molar refractivity (Wildman–Crippen MR) is 114 cm³/mol. The monoisotopic (exact) mass is 340 g/mol. The van der Waals surface area contributed by atoms with E-state index < -0.39 is 0 Å². The molecule has 0 amide bonds. The third-order valence-corrected chi connectivity index (χ3v) is 6.38. The third-order valence-electron chi connectivity index (χ3n) is 6.38. The van der Waals surface area contributed by atoms with Gasteiger partial charge in [-0.3, -0.25) is 0 Å². The molecule has 0 aliphatic heterocycles. The minimum absolute atomic E-state index is 1.05. The van der Waals surface area contributed by atoms with E-state index in [-0.39, 0.29) is 0 Å². The second kappa shape index (κ2) is 4.66. The molecule has 0 fully saturated rings. The summed E-state index contributed by atoms with van der Waals surface area (Å²) in [5.74, 6) is 0. The molecule has 0 heteroatoms. The first-order chi connectivity index (χ1) is 13.4. The first-order valence-corrected chi connectivity index (χ1v) is 9.59. The Hall–Kier alpha value is -3.38. The van der Waals surface area contributed by atoms with Crippen molar-refractivity contribution < 1.29 is 0 Å². The molecule has 0 N–H and O–H groups in total. The van der Waals surface area contributed by atoms with Crippen molar-refractivity contribution in [1.29, 1.82) is 0 Å². The molecule has 0 nitrogen and oxygen atoms in total. The molecule has 0 saturated carbocycles. The van der Waals surface area contributed by atoms with Crippen LogP contribution in [0.15, 0.2) is 84.9 Å². The fourth-order valence-corrected chi connectivity index (χ4v) is 5.24. The highest BCUT2D eigenvalue weighted by atomic mass is 14.3. The van der Waals surface area contributed by atoms with E-state index in [0.717, 1.165) is 6.42 Å². The zero-order chi connectivity index (χ0) is 17.5. The maximum atomic E-state index is 2.39. The summed E-state index contributed by atoms with van der Waals surface area (Å²) in [7, 11) is 0. The van der Waals surface area contributed by atoms with Gasteiger partial charge in [-0.2, -0.15) is 0 Å². The van der Waals surface area contributed by atoms with Crippen LogP contribution in [0.3, 0.4) is 0 Å². The molecule has 0 spiro atoms. The van der Waals surface area contributed by atoms with Crippen LogP contribution in [0.2, 0.25) is 0 Å². The number of rotatable bonds is 0. The molecule has 7 rings (SSSR count). The summed E-state index contributed by atoms with van der Waals surface area (Å²) in [6.07, 6.45) is 1.05. The molecule has 0 atom stereocenters. The largest absolute Gasteiger partial charge is 0.0616 e. The Bertz CT molecular complexity index is 1440. The summed E-state index contributed by atoms with van der Waals surface area (Å²) in [6, 6.07) is 31.7. The Morgan fingerprint density at radius 1 is 0.444 bits per heavy atom. The normalized spacial score (nSPS) is 13.0. The number of hydrogen-bond donors (Lipinski definition) is 0. The lowest BCUT2D eigenvalue weighted by atomic mass is 9.90. The summed E-state index contributed by atoms with van der Waals surface area (Å²) >= 11 is 0. The molecule has 0 unspecified atom stereocenters. The van der Waals surface area contributed by atoms with Crippen LogP contribution in [0.5, 0.6) is 0 Å². The average molecular weight is 340 g/mol. The zero-order valence-corrected chi connectivity index (χ0v) is 14.8.